The molecule has 0 fully saturated rings. The lowest BCUT2D eigenvalue weighted by Gasteiger charge is -2.04. The van der Waals surface area contributed by atoms with Gasteiger partial charge in [-0.3, -0.25) is 4.79 Å². The van der Waals surface area contributed by atoms with Crippen molar-refractivity contribution < 1.29 is 4.42 Å². The monoisotopic (exact) mass is 281 g/mol. The first-order valence-electron chi connectivity index (χ1n) is 6.26. The van der Waals surface area contributed by atoms with Gasteiger partial charge < -0.3 is 4.42 Å². The van der Waals surface area contributed by atoms with Crippen molar-refractivity contribution in [3.05, 3.63) is 52.2 Å². The largest absolute Gasteiger partial charge is 0.456 e. The molecule has 0 unspecified atom stereocenters. The maximum absolute atomic E-state index is 12.5. The molecular formula is C16H11NO2S. The van der Waals surface area contributed by atoms with E-state index < -0.39 is 0 Å². The molecule has 0 bridgehead atoms. The van der Waals surface area contributed by atoms with E-state index in [1.807, 2.05) is 24.3 Å². The van der Waals surface area contributed by atoms with Crippen LogP contribution in [0.1, 0.15) is 12.5 Å². The standard InChI is InChI=1S/C16H11NO2S/c1-2-20-11-4-6-14-13(8-11)16(18)12-5-3-10(9-17)7-15(12)19-14/h3-8H,2H2,1H3. The zero-order chi connectivity index (χ0) is 14.1. The van der Waals surface area contributed by atoms with Crippen molar-refractivity contribution in [1.29, 1.82) is 5.26 Å². The van der Waals surface area contributed by atoms with Gasteiger partial charge in [0.05, 0.1) is 22.4 Å². The van der Waals surface area contributed by atoms with E-state index in [1.54, 1.807) is 30.0 Å². The van der Waals surface area contributed by atoms with Crippen LogP contribution in [0.2, 0.25) is 0 Å². The molecule has 0 aliphatic carbocycles. The predicted octanol–water partition coefficient (Wildman–Crippen LogP) is 3.93. The van der Waals surface area contributed by atoms with Crippen LogP contribution in [0.3, 0.4) is 0 Å². The lowest BCUT2D eigenvalue weighted by Crippen LogP contribution is -2.02. The fraction of sp³-hybridized carbons (Fsp3) is 0.125. The van der Waals surface area contributed by atoms with Crippen molar-refractivity contribution in [3.63, 3.8) is 0 Å². The Labute approximate surface area is 119 Å². The molecule has 3 rings (SSSR count). The summed E-state index contributed by atoms with van der Waals surface area (Å²) in [5.41, 5.74) is 1.44. The van der Waals surface area contributed by atoms with Crippen molar-refractivity contribution in [3.8, 4) is 6.07 Å². The first kappa shape index (κ1) is 12.8. The third kappa shape index (κ3) is 2.06. The SMILES string of the molecule is CCSc1ccc2oc3cc(C#N)ccc3c(=O)c2c1. The average Bonchev–Trinajstić information content (AvgIpc) is 2.48. The molecule has 0 amide bonds. The molecule has 0 atom stereocenters. The zero-order valence-corrected chi connectivity index (χ0v) is 11.7. The van der Waals surface area contributed by atoms with Gasteiger partial charge in [-0.1, -0.05) is 6.92 Å². The third-order valence-corrected chi connectivity index (χ3v) is 3.96. The van der Waals surface area contributed by atoms with Crippen LogP contribution in [0.25, 0.3) is 21.9 Å². The molecule has 0 aliphatic heterocycles. The van der Waals surface area contributed by atoms with Crippen LogP contribution in [-0.4, -0.2) is 5.75 Å². The Hall–Kier alpha value is -2.25. The van der Waals surface area contributed by atoms with E-state index in [4.69, 9.17) is 9.68 Å². The van der Waals surface area contributed by atoms with Crippen LogP contribution >= 0.6 is 11.8 Å². The molecule has 3 nitrogen and oxygen atoms in total. The highest BCUT2D eigenvalue weighted by atomic mass is 32.2. The summed E-state index contributed by atoms with van der Waals surface area (Å²) in [7, 11) is 0. The quantitative estimate of drug-likeness (QED) is 0.527. The number of hydrogen-bond donors (Lipinski definition) is 0. The summed E-state index contributed by atoms with van der Waals surface area (Å²) in [6.07, 6.45) is 0. The summed E-state index contributed by atoms with van der Waals surface area (Å²) in [6.45, 7) is 2.07. The highest BCUT2D eigenvalue weighted by Crippen LogP contribution is 2.24. The minimum atomic E-state index is -0.0516. The molecule has 2 aromatic carbocycles. The number of benzene rings is 2. The van der Waals surface area contributed by atoms with Crippen LogP contribution in [0.4, 0.5) is 0 Å². The van der Waals surface area contributed by atoms with Gasteiger partial charge in [-0.15, -0.1) is 11.8 Å². The highest BCUT2D eigenvalue weighted by molar-refractivity contribution is 7.99. The van der Waals surface area contributed by atoms with Gasteiger partial charge in [0.15, 0.2) is 0 Å². The average molecular weight is 281 g/mol. The molecule has 20 heavy (non-hydrogen) atoms. The van der Waals surface area contributed by atoms with Crippen molar-refractivity contribution in [2.75, 3.05) is 5.75 Å². The van der Waals surface area contributed by atoms with Crippen molar-refractivity contribution in [2.24, 2.45) is 0 Å². The second-order valence-corrected chi connectivity index (χ2v) is 5.68. The smallest absolute Gasteiger partial charge is 0.200 e. The maximum Gasteiger partial charge on any atom is 0.200 e. The van der Waals surface area contributed by atoms with Gasteiger partial charge in [-0.05, 0) is 42.2 Å². The first-order chi connectivity index (χ1) is 9.72. The fourth-order valence-electron chi connectivity index (χ4n) is 2.16. The summed E-state index contributed by atoms with van der Waals surface area (Å²) in [5.74, 6) is 0.954. The molecule has 0 saturated heterocycles. The molecule has 98 valence electrons. The molecule has 0 saturated carbocycles. The molecule has 0 N–H and O–H groups in total. The topological polar surface area (TPSA) is 54.0 Å². The van der Waals surface area contributed by atoms with E-state index in [0.29, 0.717) is 27.5 Å². The Kier molecular flexibility index (Phi) is 3.21. The Morgan fingerprint density at radius 2 is 2.00 bits per heavy atom. The molecule has 1 aromatic heterocycles. The van der Waals surface area contributed by atoms with Crippen LogP contribution in [-0.2, 0) is 0 Å². The Morgan fingerprint density at radius 3 is 2.75 bits per heavy atom. The number of thioether (sulfide) groups is 1. The van der Waals surface area contributed by atoms with Gasteiger partial charge >= 0.3 is 0 Å². The van der Waals surface area contributed by atoms with Gasteiger partial charge in [0.2, 0.25) is 5.43 Å². The van der Waals surface area contributed by atoms with Gasteiger partial charge in [-0.2, -0.15) is 5.26 Å². The molecule has 0 spiro atoms. The molecule has 4 heteroatoms. The van der Waals surface area contributed by atoms with E-state index in [0.717, 1.165) is 10.6 Å². The third-order valence-electron chi connectivity index (χ3n) is 3.08. The van der Waals surface area contributed by atoms with E-state index in [2.05, 4.69) is 6.92 Å². The Morgan fingerprint density at radius 1 is 1.15 bits per heavy atom. The summed E-state index contributed by atoms with van der Waals surface area (Å²) >= 11 is 1.69. The fourth-order valence-corrected chi connectivity index (χ4v) is 2.86. The van der Waals surface area contributed by atoms with E-state index in [1.165, 1.54) is 0 Å². The second-order valence-electron chi connectivity index (χ2n) is 4.34. The van der Waals surface area contributed by atoms with Crippen LogP contribution in [0, 0.1) is 11.3 Å². The summed E-state index contributed by atoms with van der Waals surface area (Å²) in [6, 6.07) is 12.6. The Bertz CT molecular complexity index is 906. The minimum Gasteiger partial charge on any atom is -0.456 e. The zero-order valence-electron chi connectivity index (χ0n) is 10.8. The number of rotatable bonds is 2. The lowest BCUT2D eigenvalue weighted by molar-refractivity contribution is 0.659. The van der Waals surface area contributed by atoms with Crippen LogP contribution < -0.4 is 5.43 Å². The van der Waals surface area contributed by atoms with Crippen LogP contribution in [0.5, 0.6) is 0 Å². The van der Waals surface area contributed by atoms with Gasteiger partial charge in [0.1, 0.15) is 11.2 Å². The predicted molar refractivity (Wildman–Crippen MR) is 81.1 cm³/mol. The van der Waals surface area contributed by atoms with Crippen LogP contribution in [0.15, 0.2) is 50.5 Å². The van der Waals surface area contributed by atoms with Crippen molar-refractivity contribution >= 4 is 33.7 Å². The highest BCUT2D eigenvalue weighted by Gasteiger charge is 2.09. The number of hydrogen-bond acceptors (Lipinski definition) is 4. The van der Waals surface area contributed by atoms with Crippen molar-refractivity contribution in [1.82, 2.24) is 0 Å². The minimum absolute atomic E-state index is 0.0516. The number of nitrogens with zero attached hydrogens (tertiary/aromatic N) is 1. The molecule has 0 aliphatic rings. The summed E-state index contributed by atoms with van der Waals surface area (Å²) in [5, 5.41) is 10.00. The number of fused-ring (bicyclic) bond motifs is 2. The molecule has 1 heterocycles. The summed E-state index contributed by atoms with van der Waals surface area (Å²) in [4.78, 5) is 13.5. The van der Waals surface area contributed by atoms with Gasteiger partial charge in [0, 0.05) is 4.90 Å². The summed E-state index contributed by atoms with van der Waals surface area (Å²) < 4.78 is 5.74. The van der Waals surface area contributed by atoms with E-state index in [9.17, 15) is 4.79 Å². The maximum atomic E-state index is 12.5. The second kappa shape index (κ2) is 5.03. The van der Waals surface area contributed by atoms with Gasteiger partial charge in [-0.25, -0.2) is 0 Å². The van der Waals surface area contributed by atoms with Crippen molar-refractivity contribution in [2.45, 2.75) is 11.8 Å². The van der Waals surface area contributed by atoms with E-state index in [-0.39, 0.29) is 5.43 Å². The molecule has 0 radical (unpaired) electrons. The normalized spacial score (nSPS) is 10.8. The first-order valence-corrected chi connectivity index (χ1v) is 7.25. The molecular weight excluding hydrogens is 270 g/mol. The van der Waals surface area contributed by atoms with E-state index >= 15 is 0 Å². The number of nitriles is 1. The molecule has 3 aromatic rings. The Balaban J connectivity index is 2.35. The van der Waals surface area contributed by atoms with Gasteiger partial charge in [0.25, 0.3) is 0 Å². The lowest BCUT2D eigenvalue weighted by atomic mass is 10.1.